The molecule has 0 atom stereocenters. The summed E-state index contributed by atoms with van der Waals surface area (Å²) < 4.78 is 7.02. The van der Waals surface area contributed by atoms with Gasteiger partial charge >= 0.3 is 0 Å². The van der Waals surface area contributed by atoms with Crippen LogP contribution >= 0.6 is 0 Å². The van der Waals surface area contributed by atoms with Gasteiger partial charge in [0.25, 0.3) is 0 Å². The van der Waals surface area contributed by atoms with E-state index >= 15 is 0 Å². The van der Waals surface area contributed by atoms with Crippen LogP contribution in [-0.4, -0.2) is 23.7 Å². The number of benzene rings is 8. The fraction of sp³-hybridized carbons (Fsp3) is 0. The Hall–Kier alpha value is -7.50. The van der Waals surface area contributed by atoms with Gasteiger partial charge in [-0.05, 0) is 60.0 Å². The second kappa shape index (κ2) is 11.5. The van der Waals surface area contributed by atoms with E-state index in [0.717, 1.165) is 61.1 Å². The van der Waals surface area contributed by atoms with Crippen LogP contribution in [0.2, 0.25) is 0 Å². The first-order valence-corrected chi connectivity index (χ1v) is 18.7. The van der Waals surface area contributed by atoms with Gasteiger partial charge in [-0.25, -0.2) is 9.97 Å². The highest BCUT2D eigenvalue weighted by atomic mass is 15.2. The highest BCUT2D eigenvalue weighted by Crippen LogP contribution is 2.42. The number of aromatic nitrogens is 5. The molecule has 0 aliphatic heterocycles. The Morgan fingerprint density at radius 2 is 0.873 bits per heavy atom. The molecule has 8 aromatic carbocycles. The fourth-order valence-electron chi connectivity index (χ4n) is 8.88. The maximum atomic E-state index is 5.61. The molecule has 256 valence electrons. The van der Waals surface area contributed by atoms with Crippen LogP contribution in [0, 0.1) is 0 Å². The lowest BCUT2D eigenvalue weighted by atomic mass is 10.1. The molecule has 5 nitrogen and oxygen atoms in total. The summed E-state index contributed by atoms with van der Waals surface area (Å²) in [6, 6.07) is 67.0. The van der Waals surface area contributed by atoms with E-state index in [1.807, 2.05) is 0 Å². The van der Waals surface area contributed by atoms with Crippen molar-refractivity contribution in [3.63, 3.8) is 0 Å². The molecule has 55 heavy (non-hydrogen) atoms. The minimum Gasteiger partial charge on any atom is -0.309 e. The largest absolute Gasteiger partial charge is 0.309 e. The van der Waals surface area contributed by atoms with Crippen LogP contribution in [0.5, 0.6) is 0 Å². The number of nitrogens with zero attached hydrogens (tertiary/aromatic N) is 5. The van der Waals surface area contributed by atoms with Crippen LogP contribution in [0.4, 0.5) is 0 Å². The highest BCUT2D eigenvalue weighted by Gasteiger charge is 2.25. The number of fused-ring (bicyclic) bond motifs is 11. The fourth-order valence-corrected chi connectivity index (χ4v) is 8.88. The minimum atomic E-state index is 0.638. The Morgan fingerprint density at radius 3 is 1.56 bits per heavy atom. The molecular formula is C50H31N5. The van der Waals surface area contributed by atoms with Gasteiger partial charge in [-0.2, -0.15) is 0 Å². The van der Waals surface area contributed by atoms with Crippen molar-refractivity contribution in [1.29, 1.82) is 0 Å². The Morgan fingerprint density at radius 1 is 0.327 bits per heavy atom. The van der Waals surface area contributed by atoms with Crippen molar-refractivity contribution in [1.82, 2.24) is 23.7 Å². The Bertz CT molecular complexity index is 3470. The monoisotopic (exact) mass is 701 g/mol. The zero-order valence-electron chi connectivity index (χ0n) is 29.6. The predicted molar refractivity (Wildman–Crippen MR) is 228 cm³/mol. The van der Waals surface area contributed by atoms with Gasteiger partial charge in [0.05, 0.1) is 33.1 Å². The summed E-state index contributed by atoms with van der Waals surface area (Å²) in [6.07, 6.45) is 0. The molecule has 0 spiro atoms. The Labute approximate surface area is 315 Å². The topological polar surface area (TPSA) is 40.6 Å². The molecular weight excluding hydrogens is 671 g/mol. The van der Waals surface area contributed by atoms with Crippen molar-refractivity contribution >= 4 is 76.3 Å². The molecule has 5 heteroatoms. The van der Waals surface area contributed by atoms with Gasteiger partial charge in [0.15, 0.2) is 0 Å². The molecule has 0 N–H and O–H groups in total. The lowest BCUT2D eigenvalue weighted by Crippen LogP contribution is -2.05. The van der Waals surface area contributed by atoms with E-state index in [0.29, 0.717) is 5.95 Å². The van der Waals surface area contributed by atoms with Crippen molar-refractivity contribution in [3.8, 4) is 28.6 Å². The second-order valence-corrected chi connectivity index (χ2v) is 14.2. The normalized spacial score (nSPS) is 12.0. The molecule has 0 bridgehead atoms. The Kier molecular flexibility index (Phi) is 6.27. The first-order chi connectivity index (χ1) is 27.3. The van der Waals surface area contributed by atoms with Crippen molar-refractivity contribution < 1.29 is 0 Å². The van der Waals surface area contributed by atoms with Gasteiger partial charge in [0.1, 0.15) is 11.2 Å². The van der Waals surface area contributed by atoms with Crippen LogP contribution in [-0.2, 0) is 0 Å². The first-order valence-electron chi connectivity index (χ1n) is 18.7. The summed E-state index contributed by atoms with van der Waals surface area (Å²) in [4.78, 5) is 11.2. The lowest BCUT2D eigenvalue weighted by molar-refractivity contribution is 1.01. The van der Waals surface area contributed by atoms with Crippen LogP contribution < -0.4 is 0 Å². The number of hydrogen-bond acceptors (Lipinski definition) is 2. The van der Waals surface area contributed by atoms with E-state index in [2.05, 4.69) is 202 Å². The van der Waals surface area contributed by atoms with Gasteiger partial charge in [-0.3, -0.25) is 4.57 Å². The van der Waals surface area contributed by atoms with Gasteiger partial charge < -0.3 is 9.13 Å². The van der Waals surface area contributed by atoms with E-state index in [1.54, 1.807) is 0 Å². The molecule has 12 aromatic rings. The van der Waals surface area contributed by atoms with Crippen LogP contribution in [0.15, 0.2) is 188 Å². The van der Waals surface area contributed by atoms with Gasteiger partial charge in [0.2, 0.25) is 5.95 Å². The zero-order chi connectivity index (χ0) is 36.0. The second-order valence-electron chi connectivity index (χ2n) is 14.2. The number of para-hydroxylation sites is 4. The van der Waals surface area contributed by atoms with Crippen LogP contribution in [0.1, 0.15) is 0 Å². The maximum Gasteiger partial charge on any atom is 0.235 e. The molecule has 4 aromatic heterocycles. The molecule has 0 saturated carbocycles. The predicted octanol–water partition coefficient (Wildman–Crippen LogP) is 12.6. The smallest absolute Gasteiger partial charge is 0.235 e. The molecule has 12 rings (SSSR count). The summed E-state index contributed by atoms with van der Waals surface area (Å²) in [5.41, 5.74) is 11.6. The molecule has 0 amide bonds. The summed E-state index contributed by atoms with van der Waals surface area (Å²) in [5.74, 6) is 0.638. The summed E-state index contributed by atoms with van der Waals surface area (Å²) in [7, 11) is 0. The van der Waals surface area contributed by atoms with Gasteiger partial charge in [-0.1, -0.05) is 133 Å². The molecule has 0 aliphatic carbocycles. The van der Waals surface area contributed by atoms with Gasteiger partial charge in [-0.15, -0.1) is 0 Å². The number of rotatable bonds is 4. The maximum absolute atomic E-state index is 5.61. The van der Waals surface area contributed by atoms with Crippen molar-refractivity contribution in [3.05, 3.63) is 188 Å². The van der Waals surface area contributed by atoms with E-state index in [-0.39, 0.29) is 0 Å². The van der Waals surface area contributed by atoms with E-state index in [1.165, 1.54) is 37.8 Å². The van der Waals surface area contributed by atoms with Crippen LogP contribution in [0.3, 0.4) is 0 Å². The van der Waals surface area contributed by atoms with Crippen molar-refractivity contribution in [2.45, 2.75) is 0 Å². The minimum absolute atomic E-state index is 0.638. The van der Waals surface area contributed by atoms with E-state index in [9.17, 15) is 0 Å². The average molecular weight is 702 g/mol. The molecule has 4 heterocycles. The van der Waals surface area contributed by atoms with Gasteiger partial charge in [0, 0.05) is 49.3 Å². The number of hydrogen-bond donors (Lipinski definition) is 0. The molecule has 0 aliphatic rings. The van der Waals surface area contributed by atoms with Crippen molar-refractivity contribution in [2.24, 2.45) is 0 Å². The Balaban J connectivity index is 1.26. The van der Waals surface area contributed by atoms with Crippen LogP contribution in [0.25, 0.3) is 105 Å². The van der Waals surface area contributed by atoms with E-state index < -0.39 is 0 Å². The summed E-state index contributed by atoms with van der Waals surface area (Å²) in [5, 5.41) is 8.23. The molecule has 0 unspecified atom stereocenters. The standard InChI is InChI=1S/C50H31N5/c1-4-17-33(18-5-1)46-49-47(39-29-28-32-16-10-11-23-36(32)48(39)54(49)35-21-8-3-9-22-35)52-50(51-46)55-43-27-15-13-25-38(43)41-30-40-37-24-12-14-26-42(37)53(44(40)31-45(41)55)34-19-6-2-7-20-34/h1-31H. The third-order valence-corrected chi connectivity index (χ3v) is 11.2. The molecule has 0 fully saturated rings. The highest BCUT2D eigenvalue weighted by molar-refractivity contribution is 6.21. The molecule has 0 saturated heterocycles. The average Bonchev–Trinajstić information content (AvgIpc) is 3.89. The first kappa shape index (κ1) is 30.0. The SMILES string of the molecule is c1ccc(-c2nc(-n3c4ccccc4c4cc5c6ccccc6n(-c6ccccc6)c5cc43)nc3c4ccc5ccccc5c4n(-c4ccccc4)c23)cc1. The lowest BCUT2D eigenvalue weighted by Gasteiger charge is -2.14. The third kappa shape index (κ3) is 4.29. The van der Waals surface area contributed by atoms with E-state index in [4.69, 9.17) is 9.97 Å². The van der Waals surface area contributed by atoms with Crippen molar-refractivity contribution in [2.75, 3.05) is 0 Å². The zero-order valence-corrected chi connectivity index (χ0v) is 29.6. The third-order valence-electron chi connectivity index (χ3n) is 11.2. The quantitative estimate of drug-likeness (QED) is 0.183. The summed E-state index contributed by atoms with van der Waals surface area (Å²) >= 11 is 0. The summed E-state index contributed by atoms with van der Waals surface area (Å²) in [6.45, 7) is 0. The molecule has 0 radical (unpaired) electrons.